The fourth-order valence-electron chi connectivity index (χ4n) is 4.62. The number of halogens is 1. The Balaban J connectivity index is 0.00000176. The maximum atomic E-state index is 12.8. The average Bonchev–Trinajstić information content (AvgIpc) is 2.55. The second kappa shape index (κ2) is 8.51. The molecule has 0 aromatic carbocycles. The number of nitrogens with zero attached hydrogens (tertiary/aromatic N) is 2. The minimum Gasteiger partial charge on any atom is -0.338 e. The van der Waals surface area contributed by atoms with E-state index in [-0.39, 0.29) is 12.4 Å². The number of rotatable bonds is 3. The maximum Gasteiger partial charge on any atom is 0.237 e. The molecule has 1 amide bonds. The van der Waals surface area contributed by atoms with Crippen LogP contribution in [0.1, 0.15) is 51.4 Å². The molecule has 4 nitrogen and oxygen atoms in total. The Morgan fingerprint density at radius 2 is 1.77 bits per heavy atom. The number of fused-ring (bicyclic) bond motifs is 1. The summed E-state index contributed by atoms with van der Waals surface area (Å²) >= 11 is 0. The number of piperidine rings is 2. The summed E-state index contributed by atoms with van der Waals surface area (Å²) in [6, 6.07) is 1.14. The molecule has 0 spiro atoms. The second-order valence-electron chi connectivity index (χ2n) is 7.24. The zero-order valence-corrected chi connectivity index (χ0v) is 14.7. The molecule has 3 fully saturated rings. The molecule has 2 aliphatic heterocycles. The molecule has 0 radical (unpaired) electrons. The molecule has 3 rings (SSSR count). The molecule has 3 aliphatic rings. The van der Waals surface area contributed by atoms with Crippen molar-refractivity contribution in [2.75, 3.05) is 33.2 Å². The van der Waals surface area contributed by atoms with E-state index in [1.54, 1.807) is 0 Å². The first-order valence-corrected chi connectivity index (χ1v) is 8.96. The smallest absolute Gasteiger partial charge is 0.237 e. The van der Waals surface area contributed by atoms with Crippen LogP contribution in [0.15, 0.2) is 0 Å². The Hall–Kier alpha value is -0.320. The molecule has 0 bridgehead atoms. The molecule has 1 saturated carbocycles. The van der Waals surface area contributed by atoms with Crippen LogP contribution in [0.25, 0.3) is 0 Å². The fourth-order valence-corrected chi connectivity index (χ4v) is 4.62. The lowest BCUT2D eigenvalue weighted by Gasteiger charge is -2.45. The molecule has 22 heavy (non-hydrogen) atoms. The Kier molecular flexibility index (Phi) is 6.97. The van der Waals surface area contributed by atoms with Gasteiger partial charge in [-0.1, -0.05) is 12.8 Å². The first-order chi connectivity index (χ1) is 10.3. The molecule has 2 heterocycles. The molecule has 2 unspecified atom stereocenters. The molecule has 0 aromatic heterocycles. The monoisotopic (exact) mass is 329 g/mol. The van der Waals surface area contributed by atoms with Crippen molar-refractivity contribution in [3.63, 3.8) is 0 Å². The van der Waals surface area contributed by atoms with Crippen molar-refractivity contribution in [1.29, 1.82) is 0 Å². The zero-order valence-electron chi connectivity index (χ0n) is 13.9. The number of carbonyl (C=O) groups is 1. The van der Waals surface area contributed by atoms with E-state index >= 15 is 0 Å². The highest BCUT2D eigenvalue weighted by molar-refractivity contribution is 5.85. The number of likely N-dealkylation sites (tertiary alicyclic amines) is 1. The largest absolute Gasteiger partial charge is 0.338 e. The lowest BCUT2D eigenvalue weighted by molar-refractivity contribution is -0.139. The fraction of sp³-hybridized carbons (Fsp3) is 0.941. The van der Waals surface area contributed by atoms with E-state index in [0.29, 0.717) is 24.5 Å². The third-order valence-electron chi connectivity index (χ3n) is 5.88. The Bertz CT molecular complexity index is 358. The Morgan fingerprint density at radius 1 is 1.09 bits per heavy atom. The predicted octanol–water partition coefficient (Wildman–Crippen LogP) is 2.27. The molecular weight excluding hydrogens is 298 g/mol. The summed E-state index contributed by atoms with van der Waals surface area (Å²) < 4.78 is 0. The second-order valence-corrected chi connectivity index (χ2v) is 7.24. The standard InChI is InChI=1S/C17H31N3O.ClH/c1-19(15-8-10-18-11-9-15)13-17(21)20-12-4-6-14-5-2-3-7-16(14)20;/h14-16,18H,2-13H2,1H3;1H. The molecule has 1 aliphatic carbocycles. The van der Waals surface area contributed by atoms with Gasteiger partial charge in [-0.25, -0.2) is 0 Å². The van der Waals surface area contributed by atoms with Gasteiger partial charge in [-0.2, -0.15) is 0 Å². The van der Waals surface area contributed by atoms with Crippen LogP contribution in [0, 0.1) is 5.92 Å². The van der Waals surface area contributed by atoms with E-state index in [4.69, 9.17) is 0 Å². The number of amides is 1. The van der Waals surface area contributed by atoms with E-state index in [0.717, 1.165) is 25.6 Å². The van der Waals surface area contributed by atoms with Crippen molar-refractivity contribution >= 4 is 18.3 Å². The predicted molar refractivity (Wildman–Crippen MR) is 92.5 cm³/mol. The summed E-state index contributed by atoms with van der Waals surface area (Å²) in [7, 11) is 2.14. The normalized spacial score (nSPS) is 29.8. The van der Waals surface area contributed by atoms with Crippen molar-refractivity contribution in [1.82, 2.24) is 15.1 Å². The van der Waals surface area contributed by atoms with Gasteiger partial charge in [0.1, 0.15) is 0 Å². The minimum atomic E-state index is 0. The molecule has 1 N–H and O–H groups in total. The van der Waals surface area contributed by atoms with Crippen LogP contribution in [-0.2, 0) is 4.79 Å². The number of likely N-dealkylation sites (N-methyl/N-ethyl adjacent to an activating group) is 1. The van der Waals surface area contributed by atoms with Crippen molar-refractivity contribution in [3.8, 4) is 0 Å². The third-order valence-corrected chi connectivity index (χ3v) is 5.88. The van der Waals surface area contributed by atoms with Gasteiger partial charge >= 0.3 is 0 Å². The number of carbonyl (C=O) groups excluding carboxylic acids is 1. The topological polar surface area (TPSA) is 35.6 Å². The van der Waals surface area contributed by atoms with E-state index < -0.39 is 0 Å². The first-order valence-electron chi connectivity index (χ1n) is 8.96. The molecule has 2 saturated heterocycles. The Labute approximate surface area is 141 Å². The van der Waals surface area contributed by atoms with Crippen LogP contribution >= 0.6 is 12.4 Å². The van der Waals surface area contributed by atoms with Gasteiger partial charge in [0.25, 0.3) is 0 Å². The summed E-state index contributed by atoms with van der Waals surface area (Å²) in [5.74, 6) is 1.17. The van der Waals surface area contributed by atoms with Gasteiger partial charge < -0.3 is 10.2 Å². The Morgan fingerprint density at radius 3 is 2.55 bits per heavy atom. The number of hydrogen-bond acceptors (Lipinski definition) is 3. The van der Waals surface area contributed by atoms with E-state index in [1.807, 2.05) is 0 Å². The van der Waals surface area contributed by atoms with Gasteiger partial charge in [0.05, 0.1) is 6.54 Å². The van der Waals surface area contributed by atoms with Crippen molar-refractivity contribution in [2.45, 2.75) is 63.5 Å². The summed E-state index contributed by atoms with van der Waals surface area (Å²) in [6.45, 7) is 3.81. The zero-order chi connectivity index (χ0) is 14.7. The van der Waals surface area contributed by atoms with Crippen molar-refractivity contribution < 1.29 is 4.79 Å². The van der Waals surface area contributed by atoms with Crippen LogP contribution in [0.2, 0.25) is 0 Å². The number of hydrogen-bond donors (Lipinski definition) is 1. The lowest BCUT2D eigenvalue weighted by Crippen LogP contribution is -2.53. The quantitative estimate of drug-likeness (QED) is 0.862. The third kappa shape index (κ3) is 4.15. The molecule has 2 atom stereocenters. The summed E-state index contributed by atoms with van der Waals surface area (Å²) in [5.41, 5.74) is 0. The van der Waals surface area contributed by atoms with Gasteiger partial charge in [0, 0.05) is 18.6 Å². The van der Waals surface area contributed by atoms with E-state index in [9.17, 15) is 4.79 Å². The van der Waals surface area contributed by atoms with Crippen LogP contribution in [0.3, 0.4) is 0 Å². The maximum absolute atomic E-state index is 12.8. The van der Waals surface area contributed by atoms with Gasteiger partial charge in [0.2, 0.25) is 5.91 Å². The first kappa shape index (κ1) is 18.0. The summed E-state index contributed by atoms with van der Waals surface area (Å²) in [6.07, 6.45) is 10.2. The van der Waals surface area contributed by atoms with Crippen LogP contribution in [-0.4, -0.2) is 61.0 Å². The van der Waals surface area contributed by atoms with Crippen LogP contribution < -0.4 is 5.32 Å². The summed E-state index contributed by atoms with van der Waals surface area (Å²) in [4.78, 5) is 17.3. The van der Waals surface area contributed by atoms with Crippen LogP contribution in [0.5, 0.6) is 0 Å². The minimum absolute atomic E-state index is 0. The van der Waals surface area contributed by atoms with Gasteiger partial charge in [-0.15, -0.1) is 12.4 Å². The molecule has 128 valence electrons. The van der Waals surface area contributed by atoms with Gasteiger partial charge in [-0.3, -0.25) is 9.69 Å². The van der Waals surface area contributed by atoms with Crippen LogP contribution in [0.4, 0.5) is 0 Å². The number of nitrogens with one attached hydrogen (secondary N) is 1. The van der Waals surface area contributed by atoms with Crippen molar-refractivity contribution in [2.24, 2.45) is 5.92 Å². The molecule has 5 heteroatoms. The molecule has 0 aromatic rings. The average molecular weight is 330 g/mol. The molecular formula is C17H32ClN3O. The van der Waals surface area contributed by atoms with Crippen molar-refractivity contribution in [3.05, 3.63) is 0 Å². The highest BCUT2D eigenvalue weighted by Crippen LogP contribution is 2.35. The highest BCUT2D eigenvalue weighted by atomic mass is 35.5. The van der Waals surface area contributed by atoms with E-state index in [1.165, 1.54) is 51.4 Å². The van der Waals surface area contributed by atoms with Gasteiger partial charge in [0.15, 0.2) is 0 Å². The van der Waals surface area contributed by atoms with Gasteiger partial charge in [-0.05, 0) is 64.6 Å². The van der Waals surface area contributed by atoms with E-state index in [2.05, 4.69) is 22.2 Å². The lowest BCUT2D eigenvalue weighted by atomic mass is 9.78. The SMILES string of the molecule is CN(CC(=O)N1CCCC2CCCCC21)C1CCNCC1.Cl. The summed E-state index contributed by atoms with van der Waals surface area (Å²) in [5, 5.41) is 3.40. The highest BCUT2D eigenvalue weighted by Gasteiger charge is 2.36.